The number of nitrogens with two attached hydrogens (primary N) is 8. The van der Waals surface area contributed by atoms with Crippen LogP contribution in [0.1, 0.15) is 0 Å². The lowest BCUT2D eigenvalue weighted by molar-refractivity contribution is -0.612. The molecule has 37 nitrogen and oxygen atoms in total. The summed E-state index contributed by atoms with van der Waals surface area (Å²) >= 11 is 0. The minimum absolute atomic E-state index is 0. The number of nitrogen functional groups attached to an aromatic ring is 8. The molecular weight excluding hydrogens is 648 g/mol. The molecule has 6 aromatic heterocycles. The summed E-state index contributed by atoms with van der Waals surface area (Å²) < 4.78 is 4.31. The minimum Gasteiger partial charge on any atom is -0.412 e. The van der Waals surface area contributed by atoms with Crippen LogP contribution in [0, 0.1) is 20.2 Å². The van der Waals surface area contributed by atoms with Gasteiger partial charge in [0.15, 0.2) is 0 Å². The van der Waals surface area contributed by atoms with Gasteiger partial charge in [0.2, 0.25) is 23.5 Å². The second-order valence-electron chi connectivity index (χ2n) is 7.20. The zero-order valence-corrected chi connectivity index (χ0v) is 22.7. The molecule has 0 saturated heterocycles. The number of nitro groups is 2. The van der Waals surface area contributed by atoms with Crippen molar-refractivity contribution in [2.75, 3.05) is 46.3 Å². The molecule has 6 heterocycles. The molecule has 47 heavy (non-hydrogen) atoms. The second kappa shape index (κ2) is 15.1. The number of aromatic amines is 4. The summed E-state index contributed by atoms with van der Waals surface area (Å²) in [5, 5.41) is 67.2. The topological polar surface area (TPSA) is 590 Å². The van der Waals surface area contributed by atoms with Crippen LogP contribution in [-0.4, -0.2) is 107 Å². The summed E-state index contributed by atoms with van der Waals surface area (Å²) in [5.41, 5.74) is 27.0. The molecule has 0 fully saturated rings. The SMILES string of the molecule is Nc1nnc(-c2[nH]nc(N)[n+]2N)n1N.Nc1nnc(-c2[nH]nc(N)[n+]2N)n1N.O.O=[N+]([O-])[N-]c1nn[nH]n1.O=[N+]([O-])[N-]c1nn[nH]n1. The summed E-state index contributed by atoms with van der Waals surface area (Å²) in [5.74, 6) is 23.0. The first-order chi connectivity index (χ1) is 21.8. The first-order valence-corrected chi connectivity index (χ1v) is 10.9. The van der Waals surface area contributed by atoms with E-state index in [-0.39, 0.29) is 52.8 Å². The first kappa shape index (κ1) is 34.7. The van der Waals surface area contributed by atoms with Crippen molar-refractivity contribution < 1.29 is 24.9 Å². The van der Waals surface area contributed by atoms with E-state index >= 15 is 0 Å². The quantitative estimate of drug-likeness (QED) is 0.0338. The van der Waals surface area contributed by atoms with Gasteiger partial charge in [-0.1, -0.05) is 10.9 Å². The van der Waals surface area contributed by atoms with Crippen LogP contribution in [0.2, 0.25) is 0 Å². The fourth-order valence-electron chi connectivity index (χ4n) is 2.45. The van der Waals surface area contributed by atoms with E-state index in [4.69, 9.17) is 46.3 Å². The summed E-state index contributed by atoms with van der Waals surface area (Å²) in [4.78, 5) is 19.2. The third kappa shape index (κ3) is 8.73. The van der Waals surface area contributed by atoms with Crippen molar-refractivity contribution >= 4 is 35.7 Å². The van der Waals surface area contributed by atoms with Gasteiger partial charge in [-0.2, -0.15) is 0 Å². The smallest absolute Gasteiger partial charge is 0.396 e. The van der Waals surface area contributed by atoms with Crippen LogP contribution in [0.25, 0.3) is 34.1 Å². The maximum atomic E-state index is 9.58. The van der Waals surface area contributed by atoms with Gasteiger partial charge in [0.25, 0.3) is 11.6 Å². The van der Waals surface area contributed by atoms with Crippen molar-refractivity contribution in [2.45, 2.75) is 0 Å². The fourth-order valence-corrected chi connectivity index (χ4v) is 2.45. The monoisotopic (exact) mass is 670 g/mol. The molecule has 0 aliphatic carbocycles. The van der Waals surface area contributed by atoms with Crippen molar-refractivity contribution in [3.05, 3.63) is 31.1 Å². The molecule has 0 bridgehead atoms. The van der Waals surface area contributed by atoms with Crippen LogP contribution < -0.4 is 55.7 Å². The first-order valence-electron chi connectivity index (χ1n) is 10.9. The Bertz CT molecular complexity index is 1620. The Morgan fingerprint density at radius 3 is 1.21 bits per heavy atom. The van der Waals surface area contributed by atoms with Gasteiger partial charge in [0, 0.05) is 10.2 Å². The van der Waals surface area contributed by atoms with E-state index in [1.165, 1.54) is 0 Å². The van der Waals surface area contributed by atoms with Crippen molar-refractivity contribution in [1.29, 1.82) is 0 Å². The predicted octanol–water partition coefficient (Wildman–Crippen LogP) is -8.94. The molecule has 0 saturated carbocycles. The lowest BCUT2D eigenvalue weighted by atomic mass is 10.6. The highest BCUT2D eigenvalue weighted by Gasteiger charge is 2.22. The third-order valence-electron chi connectivity index (χ3n) is 4.41. The van der Waals surface area contributed by atoms with Crippen molar-refractivity contribution in [3.8, 4) is 23.3 Å². The van der Waals surface area contributed by atoms with Gasteiger partial charge in [0.05, 0.1) is 0 Å². The maximum absolute atomic E-state index is 9.58. The van der Waals surface area contributed by atoms with E-state index in [0.29, 0.717) is 11.6 Å². The average molecular weight is 671 g/mol. The number of aromatic nitrogens is 20. The zero-order valence-electron chi connectivity index (χ0n) is 22.7. The normalized spacial score (nSPS) is 9.70. The predicted molar refractivity (Wildman–Crippen MR) is 146 cm³/mol. The number of nitrogens with zero attached hydrogens (tertiary/aromatic N) is 20. The number of rotatable bonds is 6. The van der Waals surface area contributed by atoms with Gasteiger partial charge in [-0.25, -0.2) is 39.8 Å². The Labute approximate surface area is 253 Å². The van der Waals surface area contributed by atoms with E-state index in [0.717, 1.165) is 18.7 Å². The molecular formula is C10H22N32O5. The number of anilines is 4. The van der Waals surface area contributed by atoms with E-state index < -0.39 is 10.1 Å². The zero-order chi connectivity index (χ0) is 34.0. The van der Waals surface area contributed by atoms with Crippen LogP contribution in [0.4, 0.5) is 35.7 Å². The second-order valence-corrected chi connectivity index (χ2v) is 7.20. The van der Waals surface area contributed by atoms with Crippen LogP contribution >= 0.6 is 0 Å². The standard InChI is InChI=1S/2C4H8N10.2CHN6O2.H2O/c2*5-3-11-9-1(13(3)7)2-10-12-4(6)14(2)8;2*8-7(9)4-1-2-5-6-3-1;/h2*7-8H2,(H4,5,6,9,10,11,12);2*(H-,2,3,4,5,6);1H2/q;;2*-1;/p+2. The van der Waals surface area contributed by atoms with Gasteiger partial charge in [-0.05, 0) is 0 Å². The molecule has 252 valence electrons. The fraction of sp³-hybridized carbons (Fsp3) is 0. The van der Waals surface area contributed by atoms with E-state index in [1.807, 2.05) is 10.4 Å². The van der Waals surface area contributed by atoms with Crippen LogP contribution in [0.15, 0.2) is 0 Å². The highest BCUT2D eigenvalue weighted by Crippen LogP contribution is 2.10. The van der Waals surface area contributed by atoms with E-state index in [1.54, 1.807) is 0 Å². The maximum Gasteiger partial charge on any atom is 0.396 e. The number of H-pyrrole nitrogens is 4. The number of tetrazole rings is 2. The number of nitrogens with one attached hydrogen (secondary N) is 4. The minimum atomic E-state index is -0.898. The molecule has 6 aromatic rings. The molecule has 0 unspecified atom stereocenters. The van der Waals surface area contributed by atoms with Crippen LogP contribution in [-0.2, 0) is 0 Å². The van der Waals surface area contributed by atoms with E-state index in [2.05, 4.69) is 82.5 Å². The molecule has 0 atom stereocenters. The Hall–Kier alpha value is -8.54. The highest BCUT2D eigenvalue weighted by molar-refractivity contribution is 5.44. The van der Waals surface area contributed by atoms with Gasteiger partial charge < -0.3 is 40.1 Å². The number of hydrogen-bond donors (Lipinski definition) is 12. The van der Waals surface area contributed by atoms with E-state index in [9.17, 15) is 20.2 Å². The molecule has 0 aliphatic rings. The highest BCUT2D eigenvalue weighted by atomic mass is 16.7. The molecule has 0 spiro atoms. The van der Waals surface area contributed by atoms with Gasteiger partial charge >= 0.3 is 11.9 Å². The molecule has 37 heteroatoms. The van der Waals surface area contributed by atoms with Gasteiger partial charge in [0.1, 0.15) is 22.0 Å². The number of hydrogen-bond acceptors (Lipinski definition) is 24. The van der Waals surface area contributed by atoms with Gasteiger partial charge in [-0.15, -0.1) is 50.4 Å². The Kier molecular flexibility index (Phi) is 11.1. The third-order valence-corrected chi connectivity index (χ3v) is 4.41. The molecule has 0 radical (unpaired) electrons. The summed E-state index contributed by atoms with van der Waals surface area (Å²) in [6.07, 6.45) is 0. The Morgan fingerprint density at radius 1 is 0.638 bits per heavy atom. The summed E-state index contributed by atoms with van der Waals surface area (Å²) in [6, 6.07) is 0. The van der Waals surface area contributed by atoms with Crippen molar-refractivity contribution in [2.24, 2.45) is 0 Å². The summed E-state index contributed by atoms with van der Waals surface area (Å²) in [7, 11) is 0. The molecule has 0 aliphatic heterocycles. The lowest BCUT2D eigenvalue weighted by Crippen LogP contribution is -2.47. The molecule has 22 N–H and O–H groups in total. The van der Waals surface area contributed by atoms with Gasteiger partial charge in [-0.3, -0.25) is 32.3 Å². The molecule has 6 rings (SSSR count). The lowest BCUT2D eigenvalue weighted by Gasteiger charge is -1.96. The largest absolute Gasteiger partial charge is 0.412 e. The van der Waals surface area contributed by atoms with Crippen LogP contribution in [0.5, 0.6) is 0 Å². The summed E-state index contributed by atoms with van der Waals surface area (Å²) in [6.45, 7) is 0. The van der Waals surface area contributed by atoms with Crippen molar-refractivity contribution in [3.63, 3.8) is 0 Å². The molecule has 0 amide bonds. The Balaban J connectivity index is 0.000000221. The van der Waals surface area contributed by atoms with Crippen molar-refractivity contribution in [1.82, 2.24) is 91.4 Å². The average Bonchev–Trinajstić information content (AvgIpc) is 3.87. The molecule has 0 aromatic carbocycles. The Morgan fingerprint density at radius 2 is 1.00 bits per heavy atom. The van der Waals surface area contributed by atoms with Crippen LogP contribution in [0.3, 0.4) is 0 Å².